The number of carbonyl (C=O) groups is 1. The summed E-state index contributed by atoms with van der Waals surface area (Å²) in [6.07, 6.45) is -3.46. The van der Waals surface area contributed by atoms with E-state index in [1.807, 2.05) is 0 Å². The average molecular weight is 351 g/mol. The van der Waals surface area contributed by atoms with Gasteiger partial charge < -0.3 is 10.5 Å². The first-order valence-corrected chi connectivity index (χ1v) is 7.98. The standard InChI is InChI=1S/C19H20F3NO2/c20-19(21,22)17-8-4-5-14(12-17)11-15(13-23)9-10-25-18(24)16-6-2-1-3-7-16/h1-8,12,15H,9-11,13,23H2. The number of halogens is 3. The number of hydrogen-bond acceptors (Lipinski definition) is 3. The number of benzene rings is 2. The fourth-order valence-corrected chi connectivity index (χ4v) is 2.49. The number of ether oxygens (including phenoxy) is 1. The van der Waals surface area contributed by atoms with E-state index in [-0.39, 0.29) is 12.5 Å². The van der Waals surface area contributed by atoms with Gasteiger partial charge in [-0.3, -0.25) is 0 Å². The van der Waals surface area contributed by atoms with Crippen LogP contribution in [0.2, 0.25) is 0 Å². The highest BCUT2D eigenvalue weighted by molar-refractivity contribution is 5.89. The van der Waals surface area contributed by atoms with E-state index in [2.05, 4.69) is 0 Å². The van der Waals surface area contributed by atoms with Gasteiger partial charge in [-0.05, 0) is 49.1 Å². The molecule has 0 fully saturated rings. The zero-order chi connectivity index (χ0) is 18.3. The van der Waals surface area contributed by atoms with Crippen molar-refractivity contribution in [1.29, 1.82) is 0 Å². The summed E-state index contributed by atoms with van der Waals surface area (Å²) in [4.78, 5) is 11.8. The van der Waals surface area contributed by atoms with E-state index in [4.69, 9.17) is 10.5 Å². The highest BCUT2D eigenvalue weighted by Gasteiger charge is 2.30. The Hall–Kier alpha value is -2.34. The molecule has 134 valence electrons. The zero-order valence-corrected chi connectivity index (χ0v) is 13.6. The third-order valence-corrected chi connectivity index (χ3v) is 3.88. The van der Waals surface area contributed by atoms with Gasteiger partial charge in [0.1, 0.15) is 0 Å². The molecule has 2 aromatic rings. The van der Waals surface area contributed by atoms with Gasteiger partial charge in [-0.1, -0.05) is 36.4 Å². The van der Waals surface area contributed by atoms with Crippen LogP contribution in [-0.2, 0) is 17.3 Å². The van der Waals surface area contributed by atoms with Gasteiger partial charge in [0.25, 0.3) is 0 Å². The normalized spacial score (nSPS) is 12.6. The van der Waals surface area contributed by atoms with Gasteiger partial charge in [-0.2, -0.15) is 13.2 Å². The van der Waals surface area contributed by atoms with E-state index in [1.165, 1.54) is 6.07 Å². The van der Waals surface area contributed by atoms with Gasteiger partial charge in [0.05, 0.1) is 17.7 Å². The number of rotatable bonds is 7. The summed E-state index contributed by atoms with van der Waals surface area (Å²) >= 11 is 0. The summed E-state index contributed by atoms with van der Waals surface area (Å²) in [6, 6.07) is 13.8. The van der Waals surface area contributed by atoms with Crippen molar-refractivity contribution in [3.8, 4) is 0 Å². The van der Waals surface area contributed by atoms with Crippen LogP contribution in [0.25, 0.3) is 0 Å². The predicted molar refractivity (Wildman–Crippen MR) is 89.0 cm³/mol. The minimum atomic E-state index is -4.36. The fourth-order valence-electron chi connectivity index (χ4n) is 2.49. The van der Waals surface area contributed by atoms with Crippen LogP contribution < -0.4 is 5.73 Å². The molecule has 0 saturated carbocycles. The Morgan fingerprint density at radius 3 is 2.44 bits per heavy atom. The molecule has 6 heteroatoms. The molecule has 0 aliphatic rings. The van der Waals surface area contributed by atoms with Crippen molar-refractivity contribution in [2.24, 2.45) is 11.7 Å². The second kappa shape index (κ2) is 8.67. The molecule has 0 saturated heterocycles. The topological polar surface area (TPSA) is 52.3 Å². The lowest BCUT2D eigenvalue weighted by Crippen LogP contribution is -2.20. The highest BCUT2D eigenvalue weighted by Crippen LogP contribution is 2.30. The minimum absolute atomic E-state index is 0.0629. The summed E-state index contributed by atoms with van der Waals surface area (Å²) in [7, 11) is 0. The zero-order valence-electron chi connectivity index (χ0n) is 13.6. The molecular formula is C19H20F3NO2. The lowest BCUT2D eigenvalue weighted by Gasteiger charge is -2.16. The van der Waals surface area contributed by atoms with Crippen molar-refractivity contribution < 1.29 is 22.7 Å². The summed E-state index contributed by atoms with van der Waals surface area (Å²) in [5, 5.41) is 0. The van der Waals surface area contributed by atoms with Crippen LogP contribution in [0.15, 0.2) is 54.6 Å². The van der Waals surface area contributed by atoms with E-state index in [0.29, 0.717) is 30.5 Å². The highest BCUT2D eigenvalue weighted by atomic mass is 19.4. The summed E-state index contributed by atoms with van der Waals surface area (Å²) in [5.74, 6) is -0.484. The lowest BCUT2D eigenvalue weighted by molar-refractivity contribution is -0.137. The summed E-state index contributed by atoms with van der Waals surface area (Å²) in [6.45, 7) is 0.480. The third kappa shape index (κ3) is 5.90. The number of hydrogen-bond donors (Lipinski definition) is 1. The fraction of sp³-hybridized carbons (Fsp3) is 0.316. The molecule has 0 aromatic heterocycles. The molecular weight excluding hydrogens is 331 g/mol. The van der Waals surface area contributed by atoms with Crippen LogP contribution in [0, 0.1) is 5.92 Å². The Balaban J connectivity index is 1.87. The van der Waals surface area contributed by atoms with Gasteiger partial charge in [0.2, 0.25) is 0 Å². The first-order chi connectivity index (χ1) is 11.9. The maximum absolute atomic E-state index is 12.8. The van der Waals surface area contributed by atoms with Gasteiger partial charge in [0.15, 0.2) is 0 Å². The van der Waals surface area contributed by atoms with E-state index >= 15 is 0 Å². The van der Waals surface area contributed by atoms with Crippen LogP contribution in [0.3, 0.4) is 0 Å². The molecule has 0 radical (unpaired) electrons. The van der Waals surface area contributed by atoms with Crippen molar-refractivity contribution in [3.63, 3.8) is 0 Å². The number of esters is 1. The van der Waals surface area contributed by atoms with Crippen molar-refractivity contribution in [1.82, 2.24) is 0 Å². The van der Waals surface area contributed by atoms with Crippen LogP contribution in [0.5, 0.6) is 0 Å². The lowest BCUT2D eigenvalue weighted by atomic mass is 9.95. The van der Waals surface area contributed by atoms with E-state index in [9.17, 15) is 18.0 Å². The van der Waals surface area contributed by atoms with Crippen molar-refractivity contribution in [3.05, 3.63) is 71.3 Å². The quantitative estimate of drug-likeness (QED) is 0.765. The molecule has 2 aromatic carbocycles. The molecule has 0 heterocycles. The van der Waals surface area contributed by atoms with Crippen molar-refractivity contribution in [2.75, 3.05) is 13.2 Å². The average Bonchev–Trinajstić information content (AvgIpc) is 2.61. The Kier molecular flexibility index (Phi) is 6.58. The van der Waals surface area contributed by atoms with Gasteiger partial charge in [-0.25, -0.2) is 4.79 Å². The largest absolute Gasteiger partial charge is 0.462 e. The molecule has 3 nitrogen and oxygen atoms in total. The second-order valence-corrected chi connectivity index (χ2v) is 5.79. The molecule has 25 heavy (non-hydrogen) atoms. The third-order valence-electron chi connectivity index (χ3n) is 3.88. The van der Waals surface area contributed by atoms with Crippen LogP contribution >= 0.6 is 0 Å². The van der Waals surface area contributed by atoms with Crippen molar-refractivity contribution >= 4 is 5.97 Å². The molecule has 0 amide bonds. The molecule has 1 unspecified atom stereocenters. The molecule has 0 aliphatic heterocycles. The molecule has 0 bridgehead atoms. The molecule has 0 aliphatic carbocycles. The Bertz CT molecular complexity index is 687. The van der Waals surface area contributed by atoms with Gasteiger partial charge in [0, 0.05) is 0 Å². The monoisotopic (exact) mass is 351 g/mol. The number of nitrogens with two attached hydrogens (primary N) is 1. The van der Waals surface area contributed by atoms with Crippen LogP contribution in [-0.4, -0.2) is 19.1 Å². The van der Waals surface area contributed by atoms with Gasteiger partial charge >= 0.3 is 12.1 Å². The van der Waals surface area contributed by atoms with E-state index in [0.717, 1.165) is 12.1 Å². The molecule has 2 N–H and O–H groups in total. The number of alkyl halides is 3. The SMILES string of the molecule is NCC(CCOC(=O)c1ccccc1)Cc1cccc(C(F)(F)F)c1. The van der Waals surface area contributed by atoms with Crippen LogP contribution in [0.1, 0.15) is 27.9 Å². The maximum Gasteiger partial charge on any atom is 0.416 e. The minimum Gasteiger partial charge on any atom is -0.462 e. The molecule has 0 spiro atoms. The smallest absolute Gasteiger partial charge is 0.416 e. The van der Waals surface area contributed by atoms with E-state index < -0.39 is 17.7 Å². The first kappa shape index (κ1) is 19.0. The molecule has 2 rings (SSSR count). The summed E-state index contributed by atoms with van der Waals surface area (Å²) < 4.78 is 43.5. The Morgan fingerprint density at radius 2 is 1.80 bits per heavy atom. The van der Waals surface area contributed by atoms with E-state index in [1.54, 1.807) is 36.4 Å². The molecule has 1 atom stereocenters. The number of carbonyl (C=O) groups excluding carboxylic acids is 1. The first-order valence-electron chi connectivity index (χ1n) is 7.98. The van der Waals surface area contributed by atoms with Crippen molar-refractivity contribution in [2.45, 2.75) is 19.0 Å². The Labute approximate surface area is 144 Å². The van der Waals surface area contributed by atoms with Crippen LogP contribution in [0.4, 0.5) is 13.2 Å². The maximum atomic E-state index is 12.8. The summed E-state index contributed by atoms with van der Waals surface area (Å²) in [5.41, 5.74) is 6.07. The second-order valence-electron chi connectivity index (χ2n) is 5.79. The Morgan fingerprint density at radius 1 is 1.08 bits per heavy atom. The predicted octanol–water partition coefficient (Wildman–Crippen LogP) is 4.07. The van der Waals surface area contributed by atoms with Gasteiger partial charge in [-0.15, -0.1) is 0 Å².